The maximum Gasteiger partial charge on any atom is 0.242 e. The molecule has 0 unspecified atom stereocenters. The van der Waals surface area contributed by atoms with E-state index in [-0.39, 0.29) is 18.4 Å². The van der Waals surface area contributed by atoms with E-state index in [2.05, 4.69) is 38.5 Å². The maximum absolute atomic E-state index is 12.3. The number of anilines is 1. The molecular formula is C20H25N5O2. The summed E-state index contributed by atoms with van der Waals surface area (Å²) >= 11 is 0. The molecule has 0 saturated carbocycles. The Morgan fingerprint density at radius 3 is 2.44 bits per heavy atom. The average Bonchev–Trinajstić information content (AvgIpc) is 3.50. The van der Waals surface area contributed by atoms with Gasteiger partial charge in [0.15, 0.2) is 5.66 Å². The summed E-state index contributed by atoms with van der Waals surface area (Å²) in [5.74, 6) is 2.38. The number of hydrogen-bond donors (Lipinski definition) is 1. The van der Waals surface area contributed by atoms with E-state index in [0.29, 0.717) is 38.8 Å². The first-order valence-electron chi connectivity index (χ1n) is 9.34. The summed E-state index contributed by atoms with van der Waals surface area (Å²) in [5, 5.41) is 10.7. The van der Waals surface area contributed by atoms with Crippen LogP contribution in [0.15, 0.2) is 40.6 Å². The van der Waals surface area contributed by atoms with Crippen LogP contribution in [0, 0.1) is 12.3 Å². The molecule has 0 bridgehead atoms. The molecule has 7 nitrogen and oxygen atoms in total. The number of hydrogen-bond acceptors (Lipinski definition) is 5. The Hall–Kier alpha value is -2.88. The van der Waals surface area contributed by atoms with Crippen LogP contribution in [0.2, 0.25) is 0 Å². The monoisotopic (exact) mass is 367 g/mol. The van der Waals surface area contributed by atoms with Crippen molar-refractivity contribution in [2.45, 2.75) is 31.3 Å². The van der Waals surface area contributed by atoms with Gasteiger partial charge < -0.3 is 15.1 Å². The molecular weight excluding hydrogens is 342 g/mol. The van der Waals surface area contributed by atoms with Gasteiger partial charge in [0.25, 0.3) is 0 Å². The van der Waals surface area contributed by atoms with Gasteiger partial charge in [-0.3, -0.25) is 9.59 Å². The van der Waals surface area contributed by atoms with Crippen molar-refractivity contribution in [1.82, 2.24) is 10.2 Å². The number of nitrogens with zero attached hydrogens (tertiary/aromatic N) is 4. The fourth-order valence-electron chi connectivity index (χ4n) is 3.21. The molecule has 0 aromatic heterocycles. The molecule has 7 heteroatoms. The second kappa shape index (κ2) is 8.67. The molecule has 0 radical (unpaired) electrons. The smallest absolute Gasteiger partial charge is 0.242 e. The third-order valence-corrected chi connectivity index (χ3v) is 5.00. The minimum absolute atomic E-state index is 0.0375. The van der Waals surface area contributed by atoms with Gasteiger partial charge in [-0.15, -0.1) is 12.3 Å². The van der Waals surface area contributed by atoms with E-state index in [1.54, 1.807) is 4.90 Å². The Balaban J connectivity index is 1.34. The molecule has 0 aliphatic carbocycles. The summed E-state index contributed by atoms with van der Waals surface area (Å²) in [4.78, 5) is 28.4. The minimum Gasteiger partial charge on any atom is -0.368 e. The lowest BCUT2D eigenvalue weighted by atomic mass is 10.0. The van der Waals surface area contributed by atoms with Crippen molar-refractivity contribution in [2.75, 3.05) is 37.6 Å². The molecule has 1 N–H and O–H groups in total. The number of rotatable bonds is 8. The molecule has 0 spiro atoms. The fraction of sp³-hybridized carbons (Fsp3) is 0.500. The van der Waals surface area contributed by atoms with Crippen LogP contribution < -0.4 is 10.2 Å². The highest BCUT2D eigenvalue weighted by molar-refractivity contribution is 5.85. The SMILES string of the molecule is C#CCCC1(CCC(=O)NCC(=O)N2CCN(c3ccccc3)CC2)N=N1. The van der Waals surface area contributed by atoms with Gasteiger partial charge in [0.1, 0.15) is 0 Å². The molecule has 1 aromatic rings. The minimum atomic E-state index is -0.457. The normalized spacial score (nSPS) is 17.3. The molecule has 27 heavy (non-hydrogen) atoms. The van der Waals surface area contributed by atoms with Gasteiger partial charge in [-0.2, -0.15) is 10.2 Å². The van der Waals surface area contributed by atoms with Gasteiger partial charge in [-0.1, -0.05) is 18.2 Å². The Bertz CT molecular complexity index is 726. The van der Waals surface area contributed by atoms with Gasteiger partial charge in [0.05, 0.1) is 6.54 Å². The van der Waals surface area contributed by atoms with Crippen molar-refractivity contribution in [3.05, 3.63) is 30.3 Å². The molecule has 2 aliphatic heterocycles. The van der Waals surface area contributed by atoms with Crippen LogP contribution in [-0.2, 0) is 9.59 Å². The van der Waals surface area contributed by atoms with Gasteiger partial charge in [0.2, 0.25) is 11.8 Å². The largest absolute Gasteiger partial charge is 0.368 e. The lowest BCUT2D eigenvalue weighted by Crippen LogP contribution is -2.51. The van der Waals surface area contributed by atoms with Crippen molar-refractivity contribution < 1.29 is 9.59 Å². The number of nitrogens with one attached hydrogen (secondary N) is 1. The van der Waals surface area contributed by atoms with Crippen molar-refractivity contribution in [1.29, 1.82) is 0 Å². The predicted molar refractivity (Wildman–Crippen MR) is 103 cm³/mol. The summed E-state index contributed by atoms with van der Waals surface area (Å²) in [5.41, 5.74) is 0.717. The van der Waals surface area contributed by atoms with Gasteiger partial charge >= 0.3 is 0 Å². The Morgan fingerprint density at radius 1 is 1.11 bits per heavy atom. The topological polar surface area (TPSA) is 77.4 Å². The summed E-state index contributed by atoms with van der Waals surface area (Å²) in [6, 6.07) is 10.2. The summed E-state index contributed by atoms with van der Waals surface area (Å²) in [6.45, 7) is 2.96. The zero-order valence-corrected chi connectivity index (χ0v) is 15.4. The lowest BCUT2D eigenvalue weighted by Gasteiger charge is -2.36. The number of para-hydroxylation sites is 1. The van der Waals surface area contributed by atoms with Crippen LogP contribution >= 0.6 is 0 Å². The molecule has 1 aromatic carbocycles. The first-order chi connectivity index (χ1) is 13.1. The number of piperazine rings is 1. The van der Waals surface area contributed by atoms with E-state index in [1.165, 1.54) is 5.69 Å². The average molecular weight is 367 g/mol. The molecule has 2 amide bonds. The van der Waals surface area contributed by atoms with Crippen LogP contribution in [0.3, 0.4) is 0 Å². The number of amides is 2. The molecule has 2 heterocycles. The first kappa shape index (κ1) is 18.9. The van der Waals surface area contributed by atoms with Crippen LogP contribution in [0.1, 0.15) is 25.7 Å². The van der Waals surface area contributed by atoms with E-state index in [1.807, 2.05) is 18.2 Å². The number of benzene rings is 1. The first-order valence-corrected chi connectivity index (χ1v) is 9.34. The van der Waals surface area contributed by atoms with E-state index < -0.39 is 5.66 Å². The highest BCUT2D eigenvalue weighted by atomic mass is 16.2. The second-order valence-corrected chi connectivity index (χ2v) is 6.87. The molecule has 1 saturated heterocycles. The van der Waals surface area contributed by atoms with E-state index >= 15 is 0 Å². The van der Waals surface area contributed by atoms with E-state index in [0.717, 1.165) is 13.1 Å². The quantitative estimate of drug-likeness (QED) is 0.712. The van der Waals surface area contributed by atoms with Crippen LogP contribution in [0.25, 0.3) is 0 Å². The third kappa shape index (κ3) is 5.30. The van der Waals surface area contributed by atoms with Crippen LogP contribution in [0.5, 0.6) is 0 Å². The lowest BCUT2D eigenvalue weighted by molar-refractivity contribution is -0.133. The number of carbonyl (C=O) groups excluding carboxylic acids is 2. The van der Waals surface area contributed by atoms with Crippen molar-refractivity contribution in [2.24, 2.45) is 10.2 Å². The third-order valence-electron chi connectivity index (χ3n) is 5.00. The van der Waals surface area contributed by atoms with E-state index in [4.69, 9.17) is 6.42 Å². The zero-order valence-electron chi connectivity index (χ0n) is 15.4. The fourth-order valence-corrected chi connectivity index (χ4v) is 3.21. The molecule has 142 valence electrons. The highest BCUT2D eigenvalue weighted by Crippen LogP contribution is 2.37. The molecule has 0 atom stereocenters. The Labute approximate surface area is 159 Å². The van der Waals surface area contributed by atoms with Crippen molar-refractivity contribution >= 4 is 17.5 Å². The summed E-state index contributed by atoms with van der Waals surface area (Å²) in [7, 11) is 0. The standard InChI is InChI=1S/C20H25N5O2/c1-2-3-10-20(22-23-20)11-9-18(26)21-16-19(27)25-14-12-24(13-15-25)17-7-5-4-6-8-17/h1,4-8H,3,9-16H2,(H,21,26). The number of carbonyl (C=O) groups is 2. The zero-order chi connectivity index (χ0) is 19.1. The van der Waals surface area contributed by atoms with Gasteiger partial charge in [-0.05, 0) is 12.1 Å². The van der Waals surface area contributed by atoms with Crippen LogP contribution in [0.4, 0.5) is 5.69 Å². The molecule has 3 rings (SSSR count). The van der Waals surface area contributed by atoms with E-state index in [9.17, 15) is 9.59 Å². The van der Waals surface area contributed by atoms with Crippen molar-refractivity contribution in [3.63, 3.8) is 0 Å². The van der Waals surface area contributed by atoms with Crippen LogP contribution in [-0.4, -0.2) is 55.1 Å². The number of terminal acetylenes is 1. The predicted octanol–water partition coefficient (Wildman–Crippen LogP) is 1.81. The Kier molecular flexibility index (Phi) is 6.07. The molecule has 1 fully saturated rings. The maximum atomic E-state index is 12.3. The molecule has 2 aliphatic rings. The van der Waals surface area contributed by atoms with Gasteiger partial charge in [-0.25, -0.2) is 0 Å². The van der Waals surface area contributed by atoms with Gasteiger partial charge in [0, 0.05) is 57.5 Å². The second-order valence-electron chi connectivity index (χ2n) is 6.87. The van der Waals surface area contributed by atoms with Crippen molar-refractivity contribution in [3.8, 4) is 12.3 Å². The summed E-state index contributed by atoms with van der Waals surface area (Å²) in [6.07, 6.45) is 7.38. The highest BCUT2D eigenvalue weighted by Gasteiger charge is 2.39. The Morgan fingerprint density at radius 2 is 1.81 bits per heavy atom. The summed E-state index contributed by atoms with van der Waals surface area (Å²) < 4.78 is 0.